The molecule has 0 aliphatic heterocycles. The first kappa shape index (κ1) is 15.1. The Morgan fingerprint density at radius 2 is 2.15 bits per heavy atom. The third kappa shape index (κ3) is 4.38. The lowest BCUT2D eigenvalue weighted by Crippen LogP contribution is -2.26. The van der Waals surface area contributed by atoms with Crippen molar-refractivity contribution in [3.63, 3.8) is 0 Å². The first-order valence-corrected chi connectivity index (χ1v) is 8.64. The zero-order valence-electron chi connectivity index (χ0n) is 11.1. The van der Waals surface area contributed by atoms with Gasteiger partial charge in [-0.15, -0.1) is 0 Å². The van der Waals surface area contributed by atoms with Crippen molar-refractivity contribution in [3.05, 3.63) is 23.8 Å². The highest BCUT2D eigenvalue weighted by Gasteiger charge is 2.22. The fourth-order valence-electron chi connectivity index (χ4n) is 1.72. The molecule has 0 heterocycles. The molecule has 1 fully saturated rings. The molecule has 1 aliphatic carbocycles. The molecule has 0 unspecified atom stereocenters. The molecule has 110 valence electrons. The van der Waals surface area contributed by atoms with E-state index < -0.39 is 9.05 Å². The van der Waals surface area contributed by atoms with E-state index in [1.807, 2.05) is 0 Å². The molecular weight excluding hydrogens is 302 g/mol. The summed E-state index contributed by atoms with van der Waals surface area (Å²) in [5, 5.41) is 2.87. The Balaban J connectivity index is 1.88. The molecule has 1 aliphatic rings. The second-order valence-corrected chi connectivity index (χ2v) is 7.37. The maximum atomic E-state index is 11.5. The number of ether oxygens (including phenoxy) is 1. The van der Waals surface area contributed by atoms with Crippen molar-refractivity contribution in [1.82, 2.24) is 5.32 Å². The van der Waals surface area contributed by atoms with Crippen LogP contribution in [0.1, 0.15) is 24.8 Å². The van der Waals surface area contributed by atoms with Crippen LogP contribution < -0.4 is 10.1 Å². The molecule has 2 rings (SSSR count). The summed E-state index contributed by atoms with van der Waals surface area (Å²) in [5.41, 5.74) is 0.661. The number of carbonyl (C=O) groups is 1. The van der Waals surface area contributed by atoms with Gasteiger partial charge in [-0.2, -0.15) is 0 Å². The standard InChI is InChI=1S/C13H16ClNO4S/c1-9-8-11(20(14,17)18)4-5-12(9)19-7-6-13(16)15-10-2-3-10/h4-5,8,10H,2-3,6-7H2,1H3,(H,15,16). The zero-order chi connectivity index (χ0) is 14.8. The van der Waals surface area contributed by atoms with Crippen molar-refractivity contribution in [2.45, 2.75) is 37.1 Å². The fourth-order valence-corrected chi connectivity index (χ4v) is 2.55. The molecule has 5 nitrogen and oxygen atoms in total. The maximum absolute atomic E-state index is 11.5. The van der Waals surface area contributed by atoms with Crippen LogP contribution in [0.3, 0.4) is 0 Å². The topological polar surface area (TPSA) is 72.5 Å². The van der Waals surface area contributed by atoms with Gasteiger partial charge in [0.05, 0.1) is 17.9 Å². The minimum absolute atomic E-state index is 0.0230. The second-order valence-electron chi connectivity index (χ2n) is 4.81. The van der Waals surface area contributed by atoms with Gasteiger partial charge in [-0.3, -0.25) is 4.79 Å². The number of nitrogens with one attached hydrogen (secondary N) is 1. The number of rotatable bonds is 6. The molecule has 7 heteroatoms. The van der Waals surface area contributed by atoms with Crippen LogP contribution in [0.4, 0.5) is 0 Å². The normalized spacial score (nSPS) is 14.9. The lowest BCUT2D eigenvalue weighted by molar-refractivity contribution is -0.121. The highest BCUT2D eigenvalue weighted by atomic mass is 35.7. The van der Waals surface area contributed by atoms with Crippen LogP contribution in [0.5, 0.6) is 5.75 Å². The van der Waals surface area contributed by atoms with Gasteiger partial charge in [-0.1, -0.05) is 0 Å². The Bertz CT molecular complexity index is 611. The van der Waals surface area contributed by atoms with Crippen molar-refractivity contribution < 1.29 is 17.9 Å². The summed E-state index contributed by atoms with van der Waals surface area (Å²) in [4.78, 5) is 11.5. The van der Waals surface area contributed by atoms with Crippen molar-refractivity contribution in [2.75, 3.05) is 6.61 Å². The van der Waals surface area contributed by atoms with Gasteiger partial charge in [0, 0.05) is 16.7 Å². The summed E-state index contributed by atoms with van der Waals surface area (Å²) in [6.45, 7) is 1.98. The molecule has 0 aromatic heterocycles. The molecule has 0 radical (unpaired) electrons. The Morgan fingerprint density at radius 1 is 1.45 bits per heavy atom. The van der Waals surface area contributed by atoms with Crippen molar-refractivity contribution in [2.24, 2.45) is 0 Å². The molecule has 0 saturated heterocycles. The Morgan fingerprint density at radius 3 is 2.70 bits per heavy atom. The summed E-state index contributed by atoms with van der Waals surface area (Å²) in [6, 6.07) is 4.72. The van der Waals surface area contributed by atoms with Crippen LogP contribution in [0.15, 0.2) is 23.1 Å². The predicted molar refractivity (Wildman–Crippen MR) is 75.5 cm³/mol. The first-order chi connectivity index (χ1) is 9.36. The summed E-state index contributed by atoms with van der Waals surface area (Å²) in [6.07, 6.45) is 2.39. The van der Waals surface area contributed by atoms with Crippen molar-refractivity contribution in [3.8, 4) is 5.75 Å². The minimum atomic E-state index is -3.73. The number of hydrogen-bond donors (Lipinski definition) is 1. The molecule has 0 spiro atoms. The van der Waals surface area contributed by atoms with E-state index in [4.69, 9.17) is 15.4 Å². The van der Waals surface area contributed by atoms with Gasteiger partial charge in [0.25, 0.3) is 9.05 Å². The number of hydrogen-bond acceptors (Lipinski definition) is 4. The average molecular weight is 318 g/mol. The smallest absolute Gasteiger partial charge is 0.261 e. The predicted octanol–water partition coefficient (Wildman–Crippen LogP) is 1.97. The molecule has 0 bridgehead atoms. The molecule has 1 aromatic carbocycles. The summed E-state index contributed by atoms with van der Waals surface area (Å²) in [7, 11) is 1.53. The van der Waals surface area contributed by atoms with E-state index in [-0.39, 0.29) is 23.8 Å². The van der Waals surface area contributed by atoms with Gasteiger partial charge in [-0.05, 0) is 43.5 Å². The van der Waals surface area contributed by atoms with Gasteiger partial charge in [0.2, 0.25) is 5.91 Å². The van der Waals surface area contributed by atoms with Crippen LogP contribution in [0, 0.1) is 6.92 Å². The highest BCUT2D eigenvalue weighted by molar-refractivity contribution is 8.13. The van der Waals surface area contributed by atoms with E-state index in [1.54, 1.807) is 13.0 Å². The molecular formula is C13H16ClNO4S. The average Bonchev–Trinajstić information content (AvgIpc) is 3.13. The lowest BCUT2D eigenvalue weighted by Gasteiger charge is -2.10. The Labute approximate surface area is 122 Å². The van der Waals surface area contributed by atoms with Gasteiger partial charge in [0.1, 0.15) is 5.75 Å². The third-order valence-corrected chi connectivity index (χ3v) is 4.31. The fraction of sp³-hybridized carbons (Fsp3) is 0.462. The van der Waals surface area contributed by atoms with Crippen molar-refractivity contribution in [1.29, 1.82) is 0 Å². The quantitative estimate of drug-likeness (QED) is 0.814. The maximum Gasteiger partial charge on any atom is 0.261 e. The molecule has 20 heavy (non-hydrogen) atoms. The largest absolute Gasteiger partial charge is 0.493 e. The SMILES string of the molecule is Cc1cc(S(=O)(=O)Cl)ccc1OCCC(=O)NC1CC1. The highest BCUT2D eigenvalue weighted by Crippen LogP contribution is 2.24. The van der Waals surface area contributed by atoms with Gasteiger partial charge >= 0.3 is 0 Å². The van der Waals surface area contributed by atoms with Gasteiger partial charge < -0.3 is 10.1 Å². The van der Waals surface area contributed by atoms with E-state index in [9.17, 15) is 13.2 Å². The van der Waals surface area contributed by atoms with E-state index >= 15 is 0 Å². The van der Waals surface area contributed by atoms with Crippen LogP contribution >= 0.6 is 10.7 Å². The zero-order valence-corrected chi connectivity index (χ0v) is 12.6. The van der Waals surface area contributed by atoms with Crippen LogP contribution in [-0.2, 0) is 13.8 Å². The first-order valence-electron chi connectivity index (χ1n) is 6.34. The number of halogens is 1. The van der Waals surface area contributed by atoms with E-state index in [1.165, 1.54) is 12.1 Å². The number of aryl methyl sites for hydroxylation is 1. The molecule has 0 atom stereocenters. The van der Waals surface area contributed by atoms with E-state index in [2.05, 4.69) is 5.32 Å². The minimum Gasteiger partial charge on any atom is -0.493 e. The Kier molecular flexibility index (Phi) is 4.55. The summed E-state index contributed by atoms with van der Waals surface area (Å²) in [5.74, 6) is 0.526. The molecule has 1 amide bonds. The number of benzene rings is 1. The lowest BCUT2D eigenvalue weighted by atomic mass is 10.2. The van der Waals surface area contributed by atoms with E-state index in [0.717, 1.165) is 12.8 Å². The number of carbonyl (C=O) groups excluding carboxylic acids is 1. The van der Waals surface area contributed by atoms with Crippen LogP contribution in [0.25, 0.3) is 0 Å². The Hall–Kier alpha value is -1.27. The van der Waals surface area contributed by atoms with Gasteiger partial charge in [0.15, 0.2) is 0 Å². The van der Waals surface area contributed by atoms with Gasteiger partial charge in [-0.25, -0.2) is 8.42 Å². The summed E-state index contributed by atoms with van der Waals surface area (Å²) < 4.78 is 27.8. The second kappa shape index (κ2) is 6.01. The third-order valence-electron chi connectivity index (χ3n) is 2.96. The number of amides is 1. The molecule has 1 saturated carbocycles. The molecule has 1 aromatic rings. The van der Waals surface area contributed by atoms with Crippen molar-refractivity contribution >= 4 is 25.6 Å². The van der Waals surface area contributed by atoms with Crippen LogP contribution in [-0.4, -0.2) is 27.0 Å². The summed E-state index contributed by atoms with van der Waals surface area (Å²) >= 11 is 0. The van der Waals surface area contributed by atoms with Crippen LogP contribution in [0.2, 0.25) is 0 Å². The monoisotopic (exact) mass is 317 g/mol. The molecule has 1 N–H and O–H groups in total. The van der Waals surface area contributed by atoms with E-state index in [0.29, 0.717) is 17.4 Å².